The third-order valence-electron chi connectivity index (χ3n) is 13.0. The Kier molecular flexibility index (Phi) is 58.3. The zero-order valence-electron chi connectivity index (χ0n) is 48.3. The van der Waals surface area contributed by atoms with E-state index in [0.29, 0.717) is 19.3 Å². The number of allylic oxidation sites excluding steroid dienone is 18. The Morgan fingerprint density at radius 2 is 0.527 bits per heavy atom. The zero-order valence-corrected chi connectivity index (χ0v) is 48.3. The molecular weight excluding hydrogens is 913 g/mol. The molecule has 74 heavy (non-hydrogen) atoms. The fraction of sp³-hybridized carbons (Fsp3) is 0.691. The second-order valence-corrected chi connectivity index (χ2v) is 20.2. The van der Waals surface area contributed by atoms with Gasteiger partial charge in [-0.2, -0.15) is 0 Å². The molecule has 0 aliphatic carbocycles. The maximum Gasteiger partial charge on any atom is 0.306 e. The average Bonchev–Trinajstić information content (AvgIpc) is 3.40. The molecule has 0 aromatic rings. The zero-order chi connectivity index (χ0) is 53.6. The molecular formula is C68H114O6. The summed E-state index contributed by atoms with van der Waals surface area (Å²) < 4.78 is 16.8. The molecule has 0 bridgehead atoms. The summed E-state index contributed by atoms with van der Waals surface area (Å²) in [6, 6.07) is 0. The number of unbranched alkanes of at least 4 members (excludes halogenated alkanes) is 26. The van der Waals surface area contributed by atoms with E-state index in [4.69, 9.17) is 14.2 Å². The fourth-order valence-electron chi connectivity index (χ4n) is 8.41. The van der Waals surface area contributed by atoms with Crippen molar-refractivity contribution in [3.63, 3.8) is 0 Å². The predicted octanol–water partition coefficient (Wildman–Crippen LogP) is 21.0. The van der Waals surface area contributed by atoms with E-state index >= 15 is 0 Å². The van der Waals surface area contributed by atoms with Gasteiger partial charge in [-0.25, -0.2) is 0 Å². The first-order valence-electron chi connectivity index (χ1n) is 30.9. The SMILES string of the molecule is CC/C=C\C/C=C\C/C=C\C/C=C\CCCCCCCCCCCCCCCCCCC(=O)OCC(COC(=O)CCCCC/C=C\C/C=C\C/C=C\CC)OC(=O)CCCCCCC/C=C\C/C=C\CCCC. The molecule has 0 saturated heterocycles. The molecule has 0 spiro atoms. The molecule has 0 heterocycles. The molecule has 0 aromatic heterocycles. The van der Waals surface area contributed by atoms with Crippen molar-refractivity contribution < 1.29 is 28.6 Å². The van der Waals surface area contributed by atoms with Crippen LogP contribution in [0.25, 0.3) is 0 Å². The standard InChI is InChI=1S/C68H114O6/c1-4-7-10-13-16-19-22-25-27-28-29-30-31-32-33-34-35-36-37-38-39-40-41-44-46-49-52-55-58-61-67(70)73-64-65(63-72-66(69)60-57-54-51-48-45-42-24-21-18-15-12-9-6-3)74-68(71)62-59-56-53-50-47-43-26-23-20-17-14-11-8-5-2/h7,9-10,12,14,16-19,21,23,25-27,29-30,42,45,65H,4-6,8,11,13,15,20,22,24,28,31-41,43-44,46-64H2,1-3H3/b10-7-,12-9-,17-14-,19-16-,21-18-,26-23-,27-25-,30-29-,45-42-. The number of hydrogen-bond donors (Lipinski definition) is 0. The quantitative estimate of drug-likeness (QED) is 0.0261. The van der Waals surface area contributed by atoms with Gasteiger partial charge >= 0.3 is 17.9 Å². The summed E-state index contributed by atoms with van der Waals surface area (Å²) in [5, 5.41) is 0. The van der Waals surface area contributed by atoms with Crippen molar-refractivity contribution in [3.05, 3.63) is 109 Å². The van der Waals surface area contributed by atoms with Gasteiger partial charge in [0.25, 0.3) is 0 Å². The molecule has 0 fully saturated rings. The fourth-order valence-corrected chi connectivity index (χ4v) is 8.41. The molecule has 0 N–H and O–H groups in total. The van der Waals surface area contributed by atoms with Crippen molar-refractivity contribution in [1.29, 1.82) is 0 Å². The minimum atomic E-state index is -0.798. The molecule has 0 aromatic carbocycles. The highest BCUT2D eigenvalue weighted by molar-refractivity contribution is 5.71. The Morgan fingerprint density at radius 3 is 0.838 bits per heavy atom. The van der Waals surface area contributed by atoms with Gasteiger partial charge in [0.05, 0.1) is 0 Å². The van der Waals surface area contributed by atoms with Crippen LogP contribution in [0.1, 0.15) is 284 Å². The van der Waals surface area contributed by atoms with Gasteiger partial charge in [0.1, 0.15) is 13.2 Å². The largest absolute Gasteiger partial charge is 0.462 e. The minimum absolute atomic E-state index is 0.0926. The molecule has 6 nitrogen and oxygen atoms in total. The molecule has 6 heteroatoms. The van der Waals surface area contributed by atoms with Gasteiger partial charge < -0.3 is 14.2 Å². The lowest BCUT2D eigenvalue weighted by Gasteiger charge is -2.18. The Hall–Kier alpha value is -3.93. The van der Waals surface area contributed by atoms with Crippen LogP contribution in [0.3, 0.4) is 0 Å². The van der Waals surface area contributed by atoms with Crippen molar-refractivity contribution in [1.82, 2.24) is 0 Å². The first-order chi connectivity index (χ1) is 36.5. The average molecular weight is 1030 g/mol. The molecule has 0 amide bonds. The summed E-state index contributed by atoms with van der Waals surface area (Å²) in [7, 11) is 0. The van der Waals surface area contributed by atoms with Crippen molar-refractivity contribution in [2.24, 2.45) is 0 Å². The van der Waals surface area contributed by atoms with Crippen LogP contribution in [-0.2, 0) is 28.6 Å². The lowest BCUT2D eigenvalue weighted by molar-refractivity contribution is -0.167. The summed E-state index contributed by atoms with van der Waals surface area (Å²) in [5.74, 6) is -0.933. The Balaban J connectivity index is 4.23. The highest BCUT2D eigenvalue weighted by Gasteiger charge is 2.19. The first-order valence-corrected chi connectivity index (χ1v) is 30.9. The van der Waals surface area contributed by atoms with Crippen LogP contribution in [0.4, 0.5) is 0 Å². The van der Waals surface area contributed by atoms with E-state index in [2.05, 4.69) is 130 Å². The predicted molar refractivity (Wildman–Crippen MR) is 320 cm³/mol. The van der Waals surface area contributed by atoms with E-state index in [-0.39, 0.29) is 31.1 Å². The maximum atomic E-state index is 12.8. The molecule has 422 valence electrons. The maximum absolute atomic E-state index is 12.8. The van der Waals surface area contributed by atoms with Crippen LogP contribution in [-0.4, -0.2) is 37.2 Å². The second-order valence-electron chi connectivity index (χ2n) is 20.2. The molecule has 0 rings (SSSR count). The van der Waals surface area contributed by atoms with Crippen LogP contribution >= 0.6 is 0 Å². The van der Waals surface area contributed by atoms with Crippen LogP contribution in [0.5, 0.6) is 0 Å². The molecule has 1 unspecified atom stereocenters. The third-order valence-corrected chi connectivity index (χ3v) is 13.0. The number of esters is 3. The third kappa shape index (κ3) is 59.0. The van der Waals surface area contributed by atoms with Crippen molar-refractivity contribution in [2.45, 2.75) is 290 Å². The van der Waals surface area contributed by atoms with E-state index in [1.54, 1.807) is 0 Å². The molecule has 1 atom stereocenters. The Labute approximate surface area is 457 Å². The van der Waals surface area contributed by atoms with E-state index in [9.17, 15) is 14.4 Å². The van der Waals surface area contributed by atoms with Crippen LogP contribution in [0, 0.1) is 0 Å². The smallest absolute Gasteiger partial charge is 0.306 e. The van der Waals surface area contributed by atoms with Crippen LogP contribution in [0.2, 0.25) is 0 Å². The van der Waals surface area contributed by atoms with Gasteiger partial charge in [-0.3, -0.25) is 14.4 Å². The highest BCUT2D eigenvalue weighted by atomic mass is 16.6. The van der Waals surface area contributed by atoms with Crippen molar-refractivity contribution in [3.8, 4) is 0 Å². The minimum Gasteiger partial charge on any atom is -0.462 e. The van der Waals surface area contributed by atoms with Gasteiger partial charge in [0.2, 0.25) is 0 Å². The molecule has 0 aliphatic rings. The van der Waals surface area contributed by atoms with Crippen molar-refractivity contribution >= 4 is 17.9 Å². The number of rotatable bonds is 55. The van der Waals surface area contributed by atoms with Gasteiger partial charge in [-0.1, -0.05) is 259 Å². The number of ether oxygens (including phenoxy) is 3. The Morgan fingerprint density at radius 1 is 0.284 bits per heavy atom. The van der Waals surface area contributed by atoms with Gasteiger partial charge in [-0.15, -0.1) is 0 Å². The summed E-state index contributed by atoms with van der Waals surface area (Å²) in [5.41, 5.74) is 0. The summed E-state index contributed by atoms with van der Waals surface area (Å²) >= 11 is 0. The highest BCUT2D eigenvalue weighted by Crippen LogP contribution is 2.16. The van der Waals surface area contributed by atoms with Gasteiger partial charge in [0.15, 0.2) is 6.10 Å². The monoisotopic (exact) mass is 1030 g/mol. The van der Waals surface area contributed by atoms with E-state index in [1.807, 2.05) is 0 Å². The number of carbonyl (C=O) groups is 3. The first kappa shape index (κ1) is 70.1. The normalized spacial score (nSPS) is 12.9. The number of carbonyl (C=O) groups excluding carboxylic acids is 3. The van der Waals surface area contributed by atoms with E-state index in [1.165, 1.54) is 109 Å². The summed E-state index contributed by atoms with van der Waals surface area (Å²) in [4.78, 5) is 38.2. The summed E-state index contributed by atoms with van der Waals surface area (Å²) in [6.45, 7) is 6.35. The lowest BCUT2D eigenvalue weighted by Crippen LogP contribution is -2.30. The van der Waals surface area contributed by atoms with E-state index < -0.39 is 6.10 Å². The van der Waals surface area contributed by atoms with Crippen molar-refractivity contribution in [2.75, 3.05) is 13.2 Å². The molecule has 0 saturated carbocycles. The van der Waals surface area contributed by atoms with Gasteiger partial charge in [0, 0.05) is 19.3 Å². The second kappa shape index (κ2) is 61.6. The lowest BCUT2D eigenvalue weighted by atomic mass is 10.0. The van der Waals surface area contributed by atoms with Crippen LogP contribution in [0.15, 0.2) is 109 Å². The Bertz CT molecular complexity index is 1510. The molecule has 0 radical (unpaired) electrons. The van der Waals surface area contributed by atoms with Crippen LogP contribution < -0.4 is 0 Å². The van der Waals surface area contributed by atoms with Gasteiger partial charge in [-0.05, 0) is 116 Å². The molecule has 0 aliphatic heterocycles. The summed E-state index contributed by atoms with van der Waals surface area (Å²) in [6.07, 6.45) is 83.9. The number of hydrogen-bond acceptors (Lipinski definition) is 6. The van der Waals surface area contributed by atoms with E-state index in [0.717, 1.165) is 135 Å². The topological polar surface area (TPSA) is 78.9 Å².